The molecule has 2 fully saturated rings. The van der Waals surface area contributed by atoms with Gasteiger partial charge in [-0.25, -0.2) is 4.98 Å². The van der Waals surface area contributed by atoms with Gasteiger partial charge in [-0.3, -0.25) is 9.48 Å². The van der Waals surface area contributed by atoms with Crippen molar-refractivity contribution in [1.29, 1.82) is 0 Å². The lowest BCUT2D eigenvalue weighted by Crippen LogP contribution is -2.59. The maximum Gasteiger partial charge on any atom is 0.433 e. The summed E-state index contributed by atoms with van der Waals surface area (Å²) in [5.41, 5.74) is -0.261. The van der Waals surface area contributed by atoms with Crippen LogP contribution in [0, 0.1) is 12.8 Å². The number of aromatic nitrogens is 4. The van der Waals surface area contributed by atoms with Gasteiger partial charge in [0.25, 0.3) is 5.91 Å². The predicted molar refractivity (Wildman–Crippen MR) is 109 cm³/mol. The number of nitrogens with zero attached hydrogens (tertiary/aromatic N) is 5. The predicted octanol–water partition coefficient (Wildman–Crippen LogP) is 2.44. The van der Waals surface area contributed by atoms with E-state index in [1.165, 1.54) is 6.20 Å². The number of hydrogen-bond donors (Lipinski definition) is 2. The molecule has 12 heteroatoms. The normalized spacial score (nSPS) is 27.3. The Morgan fingerprint density at radius 2 is 2.12 bits per heavy atom. The van der Waals surface area contributed by atoms with E-state index in [4.69, 9.17) is 4.74 Å². The van der Waals surface area contributed by atoms with Crippen molar-refractivity contribution >= 4 is 23.4 Å². The van der Waals surface area contributed by atoms with Crippen LogP contribution in [0.2, 0.25) is 0 Å². The van der Waals surface area contributed by atoms with Crippen molar-refractivity contribution in [3.8, 4) is 0 Å². The van der Waals surface area contributed by atoms with Crippen molar-refractivity contribution in [2.45, 2.75) is 50.5 Å². The number of nitrogens with one attached hydrogen (secondary N) is 2. The number of aryl methyl sites for hydroxylation is 1. The van der Waals surface area contributed by atoms with Gasteiger partial charge in [0, 0.05) is 38.9 Å². The molecule has 1 saturated carbocycles. The van der Waals surface area contributed by atoms with Gasteiger partial charge in [0.15, 0.2) is 5.82 Å². The molecule has 0 unspecified atom stereocenters. The van der Waals surface area contributed by atoms with Gasteiger partial charge in [-0.2, -0.15) is 23.3 Å². The Morgan fingerprint density at radius 1 is 1.34 bits per heavy atom. The van der Waals surface area contributed by atoms with E-state index in [0.717, 1.165) is 10.7 Å². The number of alkyl halides is 3. The third-order valence-corrected chi connectivity index (χ3v) is 6.70. The number of amides is 1. The van der Waals surface area contributed by atoms with Gasteiger partial charge in [-0.1, -0.05) is 0 Å². The summed E-state index contributed by atoms with van der Waals surface area (Å²) in [5, 5.41) is 10.0. The molecule has 1 aliphatic carbocycles. The van der Waals surface area contributed by atoms with Crippen LogP contribution in [-0.4, -0.2) is 57.5 Å². The third kappa shape index (κ3) is 3.37. The van der Waals surface area contributed by atoms with Crippen molar-refractivity contribution in [3.63, 3.8) is 0 Å². The molecule has 2 N–H and O–H groups in total. The van der Waals surface area contributed by atoms with Gasteiger partial charge in [-0.15, -0.1) is 0 Å². The molecule has 0 aromatic carbocycles. The van der Waals surface area contributed by atoms with Gasteiger partial charge in [0.05, 0.1) is 12.3 Å². The third-order valence-electron chi connectivity index (χ3n) is 6.70. The molecule has 32 heavy (non-hydrogen) atoms. The molecule has 4 heterocycles. The second-order valence-electron chi connectivity index (χ2n) is 8.75. The number of anilines is 3. The Morgan fingerprint density at radius 3 is 2.81 bits per heavy atom. The molecule has 0 bridgehead atoms. The summed E-state index contributed by atoms with van der Waals surface area (Å²) < 4.78 is 45.6. The van der Waals surface area contributed by atoms with Crippen molar-refractivity contribution in [2.75, 3.05) is 35.8 Å². The molecular weight excluding hydrogens is 427 g/mol. The van der Waals surface area contributed by atoms with E-state index in [0.29, 0.717) is 55.6 Å². The van der Waals surface area contributed by atoms with Crippen LogP contribution in [0.1, 0.15) is 30.7 Å². The number of carbonyl (C=O) groups is 1. The molecule has 2 aromatic heterocycles. The maximum absolute atomic E-state index is 13.0. The Bertz CT molecular complexity index is 1040. The van der Waals surface area contributed by atoms with Crippen molar-refractivity contribution in [2.24, 2.45) is 5.92 Å². The first-order chi connectivity index (χ1) is 15.2. The SMILES string of the molecule is Cc1nc(N[C@H]2C[C@@H](Cn3nccc3C(F)(F)F)C2)nc2c1NC(=O)[C@@]1(CCOC1)N2C. The molecule has 1 amide bonds. The fourth-order valence-electron chi connectivity index (χ4n) is 4.74. The van der Waals surface area contributed by atoms with Crippen molar-refractivity contribution < 1.29 is 22.7 Å². The minimum atomic E-state index is -4.41. The van der Waals surface area contributed by atoms with Gasteiger partial charge >= 0.3 is 6.18 Å². The highest BCUT2D eigenvalue weighted by Crippen LogP contribution is 2.41. The van der Waals surface area contributed by atoms with Crippen LogP contribution in [0.4, 0.5) is 30.6 Å². The molecule has 5 rings (SSSR count). The average molecular weight is 451 g/mol. The molecule has 0 radical (unpaired) electrons. The van der Waals surface area contributed by atoms with E-state index in [2.05, 4.69) is 25.7 Å². The van der Waals surface area contributed by atoms with E-state index < -0.39 is 17.4 Å². The lowest BCUT2D eigenvalue weighted by Gasteiger charge is -2.42. The molecule has 1 spiro atoms. The topological polar surface area (TPSA) is 97.2 Å². The maximum atomic E-state index is 13.0. The van der Waals surface area contributed by atoms with Crippen LogP contribution in [-0.2, 0) is 22.3 Å². The smallest absolute Gasteiger partial charge is 0.378 e. The molecule has 3 aliphatic rings. The number of carbonyl (C=O) groups excluding carboxylic acids is 1. The quantitative estimate of drug-likeness (QED) is 0.737. The fraction of sp³-hybridized carbons (Fsp3) is 0.600. The first-order valence-electron chi connectivity index (χ1n) is 10.5. The lowest BCUT2D eigenvalue weighted by atomic mass is 9.80. The fourth-order valence-corrected chi connectivity index (χ4v) is 4.74. The van der Waals surface area contributed by atoms with Crippen molar-refractivity contribution in [1.82, 2.24) is 19.7 Å². The van der Waals surface area contributed by atoms with Gasteiger partial charge in [-0.05, 0) is 31.7 Å². The zero-order valence-corrected chi connectivity index (χ0v) is 17.7. The monoisotopic (exact) mass is 451 g/mol. The summed E-state index contributed by atoms with van der Waals surface area (Å²) in [6, 6.07) is 1.06. The molecule has 172 valence electrons. The second kappa shape index (κ2) is 7.32. The minimum absolute atomic E-state index is 0.0645. The van der Waals surface area contributed by atoms with Crippen LogP contribution in [0.25, 0.3) is 0 Å². The van der Waals surface area contributed by atoms with E-state index in [9.17, 15) is 18.0 Å². The van der Waals surface area contributed by atoms with Crippen LogP contribution >= 0.6 is 0 Å². The number of rotatable bonds is 4. The molecule has 1 atom stereocenters. The van der Waals surface area contributed by atoms with E-state index in [1.807, 2.05) is 18.9 Å². The summed E-state index contributed by atoms with van der Waals surface area (Å²) in [6.07, 6.45) is -1.26. The molecule has 9 nitrogen and oxygen atoms in total. The Labute approximate surface area is 182 Å². The Hall–Kier alpha value is -2.89. The zero-order chi connectivity index (χ0) is 22.7. The summed E-state index contributed by atoms with van der Waals surface area (Å²) in [4.78, 5) is 23.7. The van der Waals surface area contributed by atoms with Crippen LogP contribution in [0.3, 0.4) is 0 Å². The van der Waals surface area contributed by atoms with Gasteiger partial charge in [0.2, 0.25) is 5.95 Å². The first kappa shape index (κ1) is 21.0. The molecule has 2 aliphatic heterocycles. The van der Waals surface area contributed by atoms with Crippen molar-refractivity contribution in [3.05, 3.63) is 23.7 Å². The molecule has 1 saturated heterocycles. The van der Waals surface area contributed by atoms with E-state index in [-0.39, 0.29) is 24.4 Å². The number of halogens is 3. The average Bonchev–Trinajstić information content (AvgIpc) is 3.36. The summed E-state index contributed by atoms with van der Waals surface area (Å²) in [6.45, 7) is 2.85. The second-order valence-corrected chi connectivity index (χ2v) is 8.75. The minimum Gasteiger partial charge on any atom is -0.378 e. The van der Waals surface area contributed by atoms with Gasteiger partial charge < -0.3 is 20.3 Å². The van der Waals surface area contributed by atoms with E-state index >= 15 is 0 Å². The number of likely N-dealkylation sites (N-methyl/N-ethyl adjacent to an activating group) is 1. The van der Waals surface area contributed by atoms with Crippen LogP contribution in [0.15, 0.2) is 12.3 Å². The largest absolute Gasteiger partial charge is 0.433 e. The highest BCUT2D eigenvalue weighted by atomic mass is 19.4. The lowest BCUT2D eigenvalue weighted by molar-refractivity contribution is -0.144. The summed E-state index contributed by atoms with van der Waals surface area (Å²) in [5.74, 6) is 1.05. The zero-order valence-electron chi connectivity index (χ0n) is 17.7. The summed E-state index contributed by atoms with van der Waals surface area (Å²) in [7, 11) is 1.84. The summed E-state index contributed by atoms with van der Waals surface area (Å²) >= 11 is 0. The molecule has 2 aromatic rings. The standard InChI is InChI=1S/C20H24F3N7O2/c1-11-15-16(29(2)19(17(31)27-15)4-6-32-10-19)28-18(25-11)26-13-7-12(8-13)9-30-14(3-5-24-30)20(21,22)23/h3,5,12-13H,4,6-10H2,1-2H3,(H,27,31)(H,25,26,28)/t12-,13+,19-/m0/s1. The number of hydrogen-bond acceptors (Lipinski definition) is 7. The molecular formula is C20H24F3N7O2. The number of fused-ring (bicyclic) bond motifs is 1. The van der Waals surface area contributed by atoms with Gasteiger partial charge in [0.1, 0.15) is 16.9 Å². The Kier molecular flexibility index (Phi) is 4.80. The highest BCUT2D eigenvalue weighted by Gasteiger charge is 2.50. The Balaban J connectivity index is 1.26. The first-order valence-corrected chi connectivity index (χ1v) is 10.5. The number of ether oxygens (including phenoxy) is 1. The van der Waals surface area contributed by atoms with Crippen LogP contribution in [0.5, 0.6) is 0 Å². The van der Waals surface area contributed by atoms with Crippen LogP contribution < -0.4 is 15.5 Å². The van der Waals surface area contributed by atoms with E-state index in [1.54, 1.807) is 0 Å². The highest BCUT2D eigenvalue weighted by molar-refractivity contribution is 6.06.